The van der Waals surface area contributed by atoms with Gasteiger partial charge in [0.2, 0.25) is 10.4 Å². The zero-order chi connectivity index (χ0) is 13.8. The third-order valence-electron chi connectivity index (χ3n) is 1.95. The van der Waals surface area contributed by atoms with Gasteiger partial charge in [-0.1, -0.05) is 0 Å². The van der Waals surface area contributed by atoms with E-state index in [2.05, 4.69) is 0 Å². The van der Waals surface area contributed by atoms with Crippen LogP contribution in [0.25, 0.3) is 0 Å². The van der Waals surface area contributed by atoms with Crippen molar-refractivity contribution in [3.05, 3.63) is 0 Å². The van der Waals surface area contributed by atoms with Crippen molar-refractivity contribution in [2.45, 2.75) is 30.6 Å². The largest absolute Gasteiger partial charge is 2.00 e. The number of nitrogens with two attached hydrogens (primary N) is 1. The molecule has 0 aromatic carbocycles. The van der Waals surface area contributed by atoms with Crippen LogP contribution in [0.5, 0.6) is 0 Å². The maximum absolute atomic E-state index is 9.20. The standard InChI is InChI=1S/C6H13NO5.Ca.ClH.H2O4S/c7-3-5(10)4(9)2(1-8)12-6(3)11;;;1-5(2,3)4/h2-6,8-11H,1,7H2;;1H;(H2,1,2,3,4)/q;+2;;/p-2/t2-,3-,4-,5-,6-;;;/m1.../s1. The summed E-state index contributed by atoms with van der Waals surface area (Å²) in [5.41, 5.74) is 5.26. The van der Waals surface area contributed by atoms with Crippen molar-refractivity contribution in [1.29, 1.82) is 0 Å². The summed E-state index contributed by atoms with van der Waals surface area (Å²) in [7, 11) is -4.92. The molecule has 112 valence electrons. The smallest absolute Gasteiger partial charge is 1.00 e. The number of rotatable bonds is 1. The van der Waals surface area contributed by atoms with Crippen molar-refractivity contribution in [3.63, 3.8) is 0 Å². The molecule has 0 bridgehead atoms. The molecule has 7 N–H and O–H groups in total. The van der Waals surface area contributed by atoms with Crippen LogP contribution >= 0.6 is 0 Å². The van der Waals surface area contributed by atoms with E-state index in [9.17, 15) is 10.2 Å². The SMILES string of the molecule is N[C@@H]1[C@@H](O)[C@H](O)[C@@H](CO)O[C@H]1O.O=S(=O)([O-])O.[Ca+2].[Cl-]. The molecule has 0 radical (unpaired) electrons. The molecular weight excluding hydrogens is 338 g/mol. The summed E-state index contributed by atoms with van der Waals surface area (Å²) in [5, 5.41) is 36.1. The van der Waals surface area contributed by atoms with Gasteiger partial charge >= 0.3 is 37.7 Å². The molecule has 10 nitrogen and oxygen atoms in total. The van der Waals surface area contributed by atoms with Crippen molar-refractivity contribution >= 4 is 48.1 Å². The van der Waals surface area contributed by atoms with Gasteiger partial charge in [0.05, 0.1) is 12.6 Å². The van der Waals surface area contributed by atoms with Gasteiger partial charge in [-0.15, -0.1) is 0 Å². The van der Waals surface area contributed by atoms with E-state index < -0.39 is 47.6 Å². The van der Waals surface area contributed by atoms with Gasteiger partial charge in [0, 0.05) is 0 Å². The number of aliphatic hydroxyl groups excluding tert-OH is 4. The maximum atomic E-state index is 9.20. The molecule has 0 aromatic heterocycles. The van der Waals surface area contributed by atoms with Crippen LogP contribution < -0.4 is 18.1 Å². The Morgan fingerprint density at radius 3 is 1.89 bits per heavy atom. The summed E-state index contributed by atoms with van der Waals surface area (Å²) in [5.74, 6) is 0. The van der Waals surface area contributed by atoms with Crippen LogP contribution in [0.4, 0.5) is 0 Å². The second kappa shape index (κ2) is 10.8. The monoisotopic (exact) mass is 351 g/mol. The van der Waals surface area contributed by atoms with Crippen LogP contribution in [0, 0.1) is 0 Å². The Morgan fingerprint density at radius 2 is 1.58 bits per heavy atom. The average molecular weight is 352 g/mol. The van der Waals surface area contributed by atoms with E-state index in [-0.39, 0.29) is 50.1 Å². The summed E-state index contributed by atoms with van der Waals surface area (Å²) >= 11 is 0. The minimum atomic E-state index is -4.92. The molecule has 1 aliphatic rings. The molecular formula is C6H14CaClNO9S. The predicted octanol–water partition coefficient (Wildman–Crippen LogP) is -7.63. The third kappa shape index (κ3) is 10.5. The number of hydrogen-bond donors (Lipinski definition) is 6. The molecule has 1 rings (SSSR count). The Morgan fingerprint density at radius 1 is 1.21 bits per heavy atom. The van der Waals surface area contributed by atoms with Gasteiger partial charge in [0.1, 0.15) is 18.3 Å². The molecule has 19 heavy (non-hydrogen) atoms. The molecule has 1 heterocycles. The number of ether oxygens (including phenoxy) is 1. The average Bonchev–Trinajstić information content (AvgIpc) is 2.18. The Hall–Kier alpha value is 1.18. The van der Waals surface area contributed by atoms with E-state index in [1.807, 2.05) is 0 Å². The van der Waals surface area contributed by atoms with Crippen molar-refractivity contribution < 1.29 is 55.1 Å². The van der Waals surface area contributed by atoms with Gasteiger partial charge in [0.15, 0.2) is 6.29 Å². The van der Waals surface area contributed by atoms with Crippen molar-refractivity contribution in [2.75, 3.05) is 6.61 Å². The molecule has 13 heteroatoms. The first-order chi connectivity index (χ1) is 7.57. The predicted molar refractivity (Wildman–Crippen MR) is 56.0 cm³/mol. The van der Waals surface area contributed by atoms with Gasteiger partial charge in [0.25, 0.3) is 0 Å². The molecule has 0 amide bonds. The normalized spacial score (nSPS) is 34.2. The summed E-state index contributed by atoms with van der Waals surface area (Å²) in [4.78, 5) is 0. The molecule has 0 aromatic rings. The van der Waals surface area contributed by atoms with E-state index in [0.29, 0.717) is 0 Å². The van der Waals surface area contributed by atoms with Gasteiger partial charge in [-0.2, -0.15) is 0 Å². The van der Waals surface area contributed by atoms with Crippen LogP contribution in [0.2, 0.25) is 0 Å². The zero-order valence-electron chi connectivity index (χ0n) is 9.53. The molecule has 0 spiro atoms. The maximum Gasteiger partial charge on any atom is 2.00 e. The second-order valence-electron chi connectivity index (χ2n) is 3.23. The van der Waals surface area contributed by atoms with Crippen molar-refractivity contribution in [1.82, 2.24) is 0 Å². The zero-order valence-corrected chi connectivity index (χ0v) is 13.3. The Kier molecular flexibility index (Phi) is 14.4. The number of halogens is 1. The molecule has 5 atom stereocenters. The first-order valence-corrected chi connectivity index (χ1v) is 5.68. The summed E-state index contributed by atoms with van der Waals surface area (Å²) in [6, 6.07) is -1.04. The summed E-state index contributed by atoms with van der Waals surface area (Å²) < 4.78 is 37.5. The Balaban J connectivity index is -0.000000320. The molecule has 1 saturated heterocycles. The van der Waals surface area contributed by atoms with Crippen LogP contribution in [-0.4, -0.2) is 113 Å². The molecule has 0 saturated carbocycles. The van der Waals surface area contributed by atoms with E-state index in [4.69, 9.17) is 38.2 Å². The first-order valence-electron chi connectivity index (χ1n) is 4.32. The van der Waals surface area contributed by atoms with Crippen LogP contribution in [-0.2, 0) is 15.1 Å². The first kappa shape index (κ1) is 25.2. The molecule has 0 aliphatic carbocycles. The van der Waals surface area contributed by atoms with Crippen molar-refractivity contribution in [3.8, 4) is 0 Å². The van der Waals surface area contributed by atoms with E-state index in [1.54, 1.807) is 0 Å². The Labute approximate surface area is 145 Å². The summed E-state index contributed by atoms with van der Waals surface area (Å²) in [6.07, 6.45) is -4.85. The van der Waals surface area contributed by atoms with Gasteiger partial charge in [-0.3, -0.25) is 4.55 Å². The fraction of sp³-hybridized carbons (Fsp3) is 1.00. The topological polar surface area (TPSA) is 194 Å². The number of hydrogen-bond acceptors (Lipinski definition) is 9. The van der Waals surface area contributed by atoms with Crippen LogP contribution in [0.3, 0.4) is 0 Å². The van der Waals surface area contributed by atoms with E-state index >= 15 is 0 Å². The second-order valence-corrected chi connectivity index (χ2v) is 4.09. The molecule has 1 aliphatic heterocycles. The van der Waals surface area contributed by atoms with Crippen LogP contribution in [0.1, 0.15) is 0 Å². The van der Waals surface area contributed by atoms with Gasteiger partial charge in [-0.25, -0.2) is 8.42 Å². The van der Waals surface area contributed by atoms with E-state index in [1.165, 1.54) is 0 Å². The fourth-order valence-electron chi connectivity index (χ4n) is 1.12. The van der Waals surface area contributed by atoms with Crippen molar-refractivity contribution in [2.24, 2.45) is 5.73 Å². The summed E-state index contributed by atoms with van der Waals surface area (Å²) in [6.45, 7) is -0.470. The Bertz CT molecular complexity index is 318. The van der Waals surface area contributed by atoms with Gasteiger partial charge in [-0.05, 0) is 0 Å². The fourth-order valence-corrected chi connectivity index (χ4v) is 1.12. The molecule has 1 fully saturated rings. The third-order valence-corrected chi connectivity index (χ3v) is 1.95. The minimum Gasteiger partial charge on any atom is -1.00 e. The number of aliphatic hydroxyl groups is 4. The van der Waals surface area contributed by atoms with E-state index in [0.717, 1.165) is 0 Å². The minimum absolute atomic E-state index is 0. The quantitative estimate of drug-likeness (QED) is 0.150. The molecule has 0 unspecified atom stereocenters. The van der Waals surface area contributed by atoms with Gasteiger partial charge < -0.3 is 47.9 Å². The van der Waals surface area contributed by atoms with Crippen LogP contribution in [0.15, 0.2) is 0 Å².